The highest BCUT2D eigenvalue weighted by Gasteiger charge is 2.34. The molecule has 3 aliphatic carbocycles. The Labute approximate surface area is 223 Å². The predicted molar refractivity (Wildman–Crippen MR) is 146 cm³/mol. The highest BCUT2D eigenvalue weighted by atomic mass is 19.3. The number of halogens is 3. The molecular weight excluding hydrogens is 469 g/mol. The SMILES string of the molecule is CCCC1CCC(CC(=O)c2ccc(C3CCC(C4CCC(CCC)CC4)CC3)c(F)c2C(F)F)CC1. The molecule has 3 aliphatic rings. The van der Waals surface area contributed by atoms with Gasteiger partial charge in [0, 0.05) is 12.0 Å². The molecule has 3 fully saturated rings. The van der Waals surface area contributed by atoms with Crippen molar-refractivity contribution >= 4 is 5.78 Å². The molecule has 0 spiro atoms. The molecule has 4 heteroatoms. The van der Waals surface area contributed by atoms with Crippen molar-refractivity contribution in [3.63, 3.8) is 0 Å². The minimum atomic E-state index is -2.96. The van der Waals surface area contributed by atoms with Gasteiger partial charge < -0.3 is 0 Å². The van der Waals surface area contributed by atoms with Gasteiger partial charge in [0.05, 0.1) is 5.56 Å². The number of ketones is 1. The molecule has 0 bridgehead atoms. The van der Waals surface area contributed by atoms with Crippen LogP contribution in [0, 0.1) is 35.4 Å². The maximum absolute atomic E-state index is 15.6. The van der Waals surface area contributed by atoms with Crippen LogP contribution in [0.25, 0.3) is 0 Å². The van der Waals surface area contributed by atoms with E-state index in [4.69, 9.17) is 0 Å². The second-order valence-electron chi connectivity index (χ2n) is 12.7. The number of Topliss-reactive ketones (excluding diaryl/α,β-unsaturated/α-hetero) is 1. The van der Waals surface area contributed by atoms with Crippen LogP contribution in [-0.2, 0) is 0 Å². The second kappa shape index (κ2) is 13.7. The van der Waals surface area contributed by atoms with Crippen LogP contribution in [-0.4, -0.2) is 5.78 Å². The van der Waals surface area contributed by atoms with Crippen LogP contribution in [0.3, 0.4) is 0 Å². The molecule has 0 aromatic heterocycles. The van der Waals surface area contributed by atoms with Gasteiger partial charge >= 0.3 is 0 Å². The highest BCUT2D eigenvalue weighted by Crippen LogP contribution is 2.46. The molecule has 0 heterocycles. The van der Waals surface area contributed by atoms with E-state index < -0.39 is 17.8 Å². The van der Waals surface area contributed by atoms with Gasteiger partial charge in [-0.3, -0.25) is 4.79 Å². The summed E-state index contributed by atoms with van der Waals surface area (Å²) in [6, 6.07) is 3.18. The van der Waals surface area contributed by atoms with Crippen molar-refractivity contribution in [2.75, 3.05) is 0 Å². The lowest BCUT2D eigenvalue weighted by atomic mass is 9.68. The van der Waals surface area contributed by atoms with Crippen LogP contribution in [0.4, 0.5) is 13.2 Å². The Bertz CT molecular complexity index is 857. The predicted octanol–water partition coefficient (Wildman–Crippen LogP) is 10.8. The molecule has 1 aromatic carbocycles. The number of hydrogen-bond donors (Lipinski definition) is 0. The molecule has 1 aromatic rings. The van der Waals surface area contributed by atoms with Gasteiger partial charge in [0.1, 0.15) is 5.82 Å². The normalized spacial score (nSPS) is 31.0. The summed E-state index contributed by atoms with van der Waals surface area (Å²) in [5.74, 6) is 2.23. The second-order valence-corrected chi connectivity index (χ2v) is 12.7. The average Bonchev–Trinajstić information content (AvgIpc) is 2.90. The Morgan fingerprint density at radius 1 is 0.757 bits per heavy atom. The fourth-order valence-electron chi connectivity index (χ4n) is 8.14. The molecule has 0 N–H and O–H groups in total. The summed E-state index contributed by atoms with van der Waals surface area (Å²) in [5.41, 5.74) is -0.306. The third kappa shape index (κ3) is 7.21. The fourth-order valence-corrected chi connectivity index (χ4v) is 8.14. The molecule has 208 valence electrons. The zero-order chi connectivity index (χ0) is 26.4. The van der Waals surface area contributed by atoms with Crippen LogP contribution >= 0.6 is 0 Å². The molecule has 37 heavy (non-hydrogen) atoms. The molecule has 0 aliphatic heterocycles. The van der Waals surface area contributed by atoms with Crippen LogP contribution in [0.1, 0.15) is 157 Å². The van der Waals surface area contributed by atoms with Crippen LogP contribution < -0.4 is 0 Å². The molecular formula is C33H49F3O. The van der Waals surface area contributed by atoms with Gasteiger partial charge in [-0.1, -0.05) is 77.3 Å². The van der Waals surface area contributed by atoms with Gasteiger partial charge in [-0.15, -0.1) is 0 Å². The van der Waals surface area contributed by atoms with Gasteiger partial charge in [0.15, 0.2) is 5.78 Å². The van der Waals surface area contributed by atoms with Crippen LogP contribution in [0.15, 0.2) is 12.1 Å². The third-order valence-corrected chi connectivity index (χ3v) is 10.3. The largest absolute Gasteiger partial charge is 0.294 e. The van der Waals surface area contributed by atoms with Crippen molar-refractivity contribution in [3.8, 4) is 0 Å². The van der Waals surface area contributed by atoms with Crippen molar-refractivity contribution in [2.24, 2.45) is 29.6 Å². The summed E-state index contributed by atoms with van der Waals surface area (Å²) < 4.78 is 43.8. The Morgan fingerprint density at radius 3 is 1.76 bits per heavy atom. The van der Waals surface area contributed by atoms with Crippen molar-refractivity contribution in [3.05, 3.63) is 34.6 Å². The zero-order valence-electron chi connectivity index (χ0n) is 23.3. The van der Waals surface area contributed by atoms with E-state index in [1.807, 2.05) is 0 Å². The lowest BCUT2D eigenvalue weighted by Crippen LogP contribution is -2.26. The monoisotopic (exact) mass is 518 g/mol. The van der Waals surface area contributed by atoms with E-state index in [2.05, 4.69) is 13.8 Å². The summed E-state index contributed by atoms with van der Waals surface area (Å²) in [4.78, 5) is 13.1. The maximum atomic E-state index is 15.6. The molecule has 0 saturated heterocycles. The standard InChI is InChI=1S/C33H49F3O/c1-3-5-22-7-9-24(10-8-22)21-30(37)29-20-19-28(32(34)31(29)33(35)36)27-17-15-26(16-18-27)25-13-11-23(6-4-2)12-14-25/h19-20,22-27,33H,3-18,21H2,1-2H3. The Morgan fingerprint density at radius 2 is 1.24 bits per heavy atom. The van der Waals surface area contributed by atoms with Gasteiger partial charge in [0.25, 0.3) is 6.43 Å². The van der Waals surface area contributed by atoms with E-state index >= 15 is 4.39 Å². The first-order chi connectivity index (χ1) is 17.9. The number of benzene rings is 1. The number of carbonyl (C=O) groups is 1. The molecule has 3 saturated carbocycles. The van der Waals surface area contributed by atoms with E-state index in [0.29, 0.717) is 11.5 Å². The average molecular weight is 519 g/mol. The summed E-state index contributed by atoms with van der Waals surface area (Å²) in [6.45, 7) is 4.47. The van der Waals surface area contributed by atoms with Crippen LogP contribution in [0.5, 0.6) is 0 Å². The van der Waals surface area contributed by atoms with Gasteiger partial charge in [-0.2, -0.15) is 0 Å². The highest BCUT2D eigenvalue weighted by molar-refractivity contribution is 5.97. The lowest BCUT2D eigenvalue weighted by Gasteiger charge is -2.38. The number of carbonyl (C=O) groups excluding carboxylic acids is 1. The van der Waals surface area contributed by atoms with Gasteiger partial charge in [0.2, 0.25) is 0 Å². The number of hydrogen-bond acceptors (Lipinski definition) is 1. The summed E-state index contributed by atoms with van der Waals surface area (Å²) in [5, 5.41) is 0. The topological polar surface area (TPSA) is 17.1 Å². The smallest absolute Gasteiger partial charge is 0.267 e. The number of rotatable bonds is 10. The van der Waals surface area contributed by atoms with E-state index in [1.54, 1.807) is 6.07 Å². The molecule has 0 amide bonds. The summed E-state index contributed by atoms with van der Waals surface area (Å²) >= 11 is 0. The first kappa shape index (κ1) is 28.7. The Kier molecular flexibility index (Phi) is 10.6. The van der Waals surface area contributed by atoms with Gasteiger partial charge in [-0.05, 0) is 92.4 Å². The molecule has 0 unspecified atom stereocenters. The Hall–Kier alpha value is -1.32. The summed E-state index contributed by atoms with van der Waals surface area (Å²) in [6.07, 6.45) is 15.7. The minimum Gasteiger partial charge on any atom is -0.294 e. The zero-order valence-corrected chi connectivity index (χ0v) is 23.3. The van der Waals surface area contributed by atoms with E-state index in [0.717, 1.165) is 69.1 Å². The van der Waals surface area contributed by atoms with E-state index in [-0.39, 0.29) is 29.6 Å². The molecule has 0 atom stereocenters. The van der Waals surface area contributed by atoms with Crippen molar-refractivity contribution in [2.45, 2.75) is 135 Å². The molecule has 4 rings (SSSR count). The number of alkyl halides is 2. The fraction of sp³-hybridized carbons (Fsp3) is 0.788. The van der Waals surface area contributed by atoms with Gasteiger partial charge in [-0.25, -0.2) is 13.2 Å². The quantitative estimate of drug-likeness (QED) is 0.282. The van der Waals surface area contributed by atoms with E-state index in [1.165, 1.54) is 57.4 Å². The first-order valence-corrected chi connectivity index (χ1v) is 15.5. The van der Waals surface area contributed by atoms with E-state index in [9.17, 15) is 13.6 Å². The Balaban J connectivity index is 1.36. The molecule has 0 radical (unpaired) electrons. The van der Waals surface area contributed by atoms with Crippen molar-refractivity contribution < 1.29 is 18.0 Å². The van der Waals surface area contributed by atoms with Crippen molar-refractivity contribution in [1.82, 2.24) is 0 Å². The maximum Gasteiger partial charge on any atom is 0.267 e. The summed E-state index contributed by atoms with van der Waals surface area (Å²) in [7, 11) is 0. The first-order valence-electron chi connectivity index (χ1n) is 15.5. The lowest BCUT2D eigenvalue weighted by molar-refractivity contribution is 0.0925. The minimum absolute atomic E-state index is 0.0109. The van der Waals surface area contributed by atoms with Crippen LogP contribution in [0.2, 0.25) is 0 Å². The third-order valence-electron chi connectivity index (χ3n) is 10.3. The van der Waals surface area contributed by atoms with Crippen molar-refractivity contribution in [1.29, 1.82) is 0 Å². The molecule has 1 nitrogen and oxygen atoms in total.